The monoisotopic (exact) mass is 249 g/mol. The summed E-state index contributed by atoms with van der Waals surface area (Å²) in [6.45, 7) is 6.09. The number of piperazine rings is 1. The number of hydrogen-bond donors (Lipinski definition) is 0. The van der Waals surface area contributed by atoms with Crippen LogP contribution in [0.2, 0.25) is 0 Å². The van der Waals surface area contributed by atoms with Crippen LogP contribution in [0, 0.1) is 11.8 Å². The molecule has 0 atom stereocenters. The molecule has 5 nitrogen and oxygen atoms in total. The van der Waals surface area contributed by atoms with Gasteiger partial charge in [-0.05, 0) is 30.8 Å². The summed E-state index contributed by atoms with van der Waals surface area (Å²) in [7, 11) is 3.69. The third kappa shape index (κ3) is 2.46. The van der Waals surface area contributed by atoms with Gasteiger partial charge in [0.1, 0.15) is 11.4 Å². The quantitative estimate of drug-likeness (QED) is 0.770. The standard InChI is InChI=1S/C13H19N3O2/c1-10-8-11(14-17)13(18-3)9-12(10)16-6-4-15(2)5-7-16/h8-9H,4-7H2,1-3H3. The molecular formula is C13H19N3O2. The van der Waals surface area contributed by atoms with Gasteiger partial charge >= 0.3 is 0 Å². The average Bonchev–Trinajstić information content (AvgIpc) is 2.39. The fourth-order valence-electron chi connectivity index (χ4n) is 2.28. The summed E-state index contributed by atoms with van der Waals surface area (Å²) in [5.41, 5.74) is 2.56. The minimum Gasteiger partial charge on any atom is -0.494 e. The number of benzene rings is 1. The van der Waals surface area contributed by atoms with E-state index in [1.54, 1.807) is 13.2 Å². The van der Waals surface area contributed by atoms with E-state index in [1.807, 2.05) is 13.0 Å². The normalized spacial score (nSPS) is 16.7. The van der Waals surface area contributed by atoms with Crippen LogP contribution < -0.4 is 9.64 Å². The van der Waals surface area contributed by atoms with E-state index >= 15 is 0 Å². The highest BCUT2D eigenvalue weighted by Crippen LogP contribution is 2.35. The van der Waals surface area contributed by atoms with Crippen LogP contribution in [-0.4, -0.2) is 45.2 Å². The van der Waals surface area contributed by atoms with Gasteiger partial charge in [0.05, 0.1) is 7.11 Å². The molecule has 1 heterocycles. The minimum atomic E-state index is 0.368. The first-order chi connectivity index (χ1) is 8.65. The van der Waals surface area contributed by atoms with Crippen molar-refractivity contribution in [2.75, 3.05) is 45.2 Å². The summed E-state index contributed by atoms with van der Waals surface area (Å²) >= 11 is 0. The van der Waals surface area contributed by atoms with Crippen molar-refractivity contribution in [1.82, 2.24) is 4.90 Å². The van der Waals surface area contributed by atoms with Crippen LogP contribution in [0.15, 0.2) is 17.3 Å². The second-order valence-corrected chi connectivity index (χ2v) is 4.69. The van der Waals surface area contributed by atoms with Crippen LogP contribution in [0.3, 0.4) is 0 Å². The number of ether oxygens (including phenoxy) is 1. The van der Waals surface area contributed by atoms with Crippen molar-refractivity contribution in [3.8, 4) is 5.75 Å². The average molecular weight is 249 g/mol. The molecule has 0 amide bonds. The maximum Gasteiger partial charge on any atom is 0.150 e. The largest absolute Gasteiger partial charge is 0.494 e. The van der Waals surface area contributed by atoms with Gasteiger partial charge in [-0.2, -0.15) is 0 Å². The number of anilines is 1. The maximum absolute atomic E-state index is 10.7. The summed E-state index contributed by atoms with van der Waals surface area (Å²) < 4.78 is 5.21. The Hall–Kier alpha value is -1.62. The number of likely N-dealkylation sites (N-methyl/N-ethyl adjacent to an activating group) is 1. The van der Waals surface area contributed by atoms with Gasteiger partial charge in [0.15, 0.2) is 0 Å². The van der Waals surface area contributed by atoms with E-state index in [4.69, 9.17) is 4.74 Å². The molecular weight excluding hydrogens is 230 g/mol. The molecule has 0 N–H and O–H groups in total. The molecule has 0 bridgehead atoms. The predicted molar refractivity (Wildman–Crippen MR) is 72.9 cm³/mol. The third-order valence-electron chi connectivity index (χ3n) is 3.44. The molecule has 1 aliphatic rings. The Labute approximate surface area is 107 Å². The lowest BCUT2D eigenvalue weighted by Crippen LogP contribution is -2.44. The molecule has 0 saturated carbocycles. The summed E-state index contributed by atoms with van der Waals surface area (Å²) in [5.74, 6) is 0.546. The zero-order valence-corrected chi connectivity index (χ0v) is 11.1. The van der Waals surface area contributed by atoms with E-state index in [1.165, 1.54) is 0 Å². The second-order valence-electron chi connectivity index (χ2n) is 4.69. The minimum absolute atomic E-state index is 0.368. The number of rotatable bonds is 3. The molecule has 0 unspecified atom stereocenters. The smallest absolute Gasteiger partial charge is 0.150 e. The fourth-order valence-corrected chi connectivity index (χ4v) is 2.28. The van der Waals surface area contributed by atoms with Gasteiger partial charge in [0.2, 0.25) is 0 Å². The highest BCUT2D eigenvalue weighted by atomic mass is 16.5. The summed E-state index contributed by atoms with van der Waals surface area (Å²) in [5, 5.41) is 3.00. The molecule has 1 saturated heterocycles. The van der Waals surface area contributed by atoms with Crippen molar-refractivity contribution in [2.24, 2.45) is 5.18 Å². The van der Waals surface area contributed by atoms with Gasteiger partial charge in [-0.15, -0.1) is 4.91 Å². The molecule has 0 aliphatic carbocycles. The number of aryl methyl sites for hydroxylation is 1. The zero-order valence-electron chi connectivity index (χ0n) is 11.1. The molecule has 2 rings (SSSR count). The van der Waals surface area contributed by atoms with E-state index < -0.39 is 0 Å². The van der Waals surface area contributed by atoms with Crippen LogP contribution in [0.4, 0.5) is 11.4 Å². The van der Waals surface area contributed by atoms with E-state index in [2.05, 4.69) is 22.0 Å². The Balaban J connectivity index is 2.30. The van der Waals surface area contributed by atoms with Crippen LogP contribution in [0.1, 0.15) is 5.56 Å². The third-order valence-corrected chi connectivity index (χ3v) is 3.44. The molecule has 1 fully saturated rings. The fraction of sp³-hybridized carbons (Fsp3) is 0.538. The lowest BCUT2D eigenvalue weighted by atomic mass is 10.1. The molecule has 1 aliphatic heterocycles. The Bertz CT molecular complexity index is 440. The first-order valence-corrected chi connectivity index (χ1v) is 6.11. The van der Waals surface area contributed by atoms with Crippen LogP contribution in [0.25, 0.3) is 0 Å². The maximum atomic E-state index is 10.7. The van der Waals surface area contributed by atoms with Gasteiger partial charge in [0.25, 0.3) is 0 Å². The molecule has 0 spiro atoms. The van der Waals surface area contributed by atoms with Gasteiger partial charge in [0, 0.05) is 37.9 Å². The highest BCUT2D eigenvalue weighted by molar-refractivity contribution is 5.66. The van der Waals surface area contributed by atoms with Gasteiger partial charge in [-0.25, -0.2) is 0 Å². The van der Waals surface area contributed by atoms with Gasteiger partial charge in [-0.3, -0.25) is 0 Å². The van der Waals surface area contributed by atoms with Gasteiger partial charge in [-0.1, -0.05) is 0 Å². The van der Waals surface area contributed by atoms with E-state index in [9.17, 15) is 4.91 Å². The molecule has 1 aromatic carbocycles. The van der Waals surface area contributed by atoms with E-state index in [0.717, 1.165) is 37.4 Å². The van der Waals surface area contributed by atoms with Crippen molar-refractivity contribution < 1.29 is 4.74 Å². The lowest BCUT2D eigenvalue weighted by molar-refractivity contribution is 0.312. The van der Waals surface area contributed by atoms with E-state index in [0.29, 0.717) is 11.4 Å². The number of methoxy groups -OCH3 is 1. The molecule has 0 radical (unpaired) electrons. The lowest BCUT2D eigenvalue weighted by Gasteiger charge is -2.35. The Morgan fingerprint density at radius 1 is 1.22 bits per heavy atom. The number of nitroso groups, excluding NO2 is 1. The van der Waals surface area contributed by atoms with Crippen molar-refractivity contribution in [3.63, 3.8) is 0 Å². The molecule has 98 valence electrons. The number of nitrogens with zero attached hydrogens (tertiary/aromatic N) is 3. The SMILES string of the molecule is COc1cc(N2CCN(C)CC2)c(C)cc1N=O. The molecule has 5 heteroatoms. The summed E-state index contributed by atoms with van der Waals surface area (Å²) in [6, 6.07) is 3.71. The van der Waals surface area contributed by atoms with Crippen LogP contribution in [0.5, 0.6) is 5.75 Å². The van der Waals surface area contributed by atoms with Crippen molar-refractivity contribution in [2.45, 2.75) is 6.92 Å². The highest BCUT2D eigenvalue weighted by Gasteiger charge is 2.18. The summed E-state index contributed by atoms with van der Waals surface area (Å²) in [4.78, 5) is 15.4. The molecule has 1 aromatic rings. The first-order valence-electron chi connectivity index (χ1n) is 6.11. The number of hydrogen-bond acceptors (Lipinski definition) is 5. The zero-order chi connectivity index (χ0) is 13.1. The Kier molecular flexibility index (Phi) is 3.81. The van der Waals surface area contributed by atoms with E-state index in [-0.39, 0.29) is 0 Å². The van der Waals surface area contributed by atoms with Crippen molar-refractivity contribution >= 4 is 11.4 Å². The molecule has 0 aromatic heterocycles. The Morgan fingerprint density at radius 3 is 2.44 bits per heavy atom. The predicted octanol–water partition coefficient (Wildman–Crippen LogP) is 2.15. The second kappa shape index (κ2) is 5.35. The molecule has 18 heavy (non-hydrogen) atoms. The van der Waals surface area contributed by atoms with Gasteiger partial charge < -0.3 is 14.5 Å². The van der Waals surface area contributed by atoms with Crippen molar-refractivity contribution in [1.29, 1.82) is 0 Å². The van der Waals surface area contributed by atoms with Crippen LogP contribution in [-0.2, 0) is 0 Å². The Morgan fingerprint density at radius 2 is 1.89 bits per heavy atom. The van der Waals surface area contributed by atoms with Crippen LogP contribution >= 0.6 is 0 Å². The first kappa shape index (κ1) is 12.8. The topological polar surface area (TPSA) is 45.1 Å². The summed E-state index contributed by atoms with van der Waals surface area (Å²) in [6.07, 6.45) is 0. The van der Waals surface area contributed by atoms with Crippen molar-refractivity contribution in [3.05, 3.63) is 22.6 Å².